The Hall–Kier alpha value is -1.11. The second-order valence-corrected chi connectivity index (χ2v) is 3.80. The summed E-state index contributed by atoms with van der Waals surface area (Å²) < 4.78 is 0. The Kier molecular flexibility index (Phi) is 2.17. The molecule has 0 aromatic heterocycles. The van der Waals surface area contributed by atoms with Gasteiger partial charge in [-0.05, 0) is 36.8 Å². The minimum atomic E-state index is 0.729. The highest BCUT2D eigenvalue weighted by Crippen LogP contribution is 2.27. The molecule has 0 aromatic rings. The van der Waals surface area contributed by atoms with Gasteiger partial charge in [-0.1, -0.05) is 25.7 Å². The van der Waals surface area contributed by atoms with Crippen molar-refractivity contribution in [1.29, 1.82) is 0 Å². The summed E-state index contributed by atoms with van der Waals surface area (Å²) in [5.74, 6) is 0.729. The fraction of sp³-hybridized carbons (Fsp3) is 0.417. The van der Waals surface area contributed by atoms with Crippen molar-refractivity contribution in [2.75, 3.05) is 0 Å². The molecule has 2 rings (SSSR count). The third-order valence-electron chi connectivity index (χ3n) is 2.70. The maximum Gasteiger partial charge on any atom is 0.0590 e. The lowest BCUT2D eigenvalue weighted by molar-refractivity contribution is 0.649. The van der Waals surface area contributed by atoms with Gasteiger partial charge in [0.25, 0.3) is 0 Å². The maximum absolute atomic E-state index is 4.55. The van der Waals surface area contributed by atoms with Crippen molar-refractivity contribution in [2.45, 2.75) is 26.2 Å². The molecule has 0 spiro atoms. The first-order valence-electron chi connectivity index (χ1n) is 4.91. The predicted octanol–water partition coefficient (Wildman–Crippen LogP) is 3.26. The molecule has 0 amide bonds. The van der Waals surface area contributed by atoms with E-state index < -0.39 is 0 Å². The normalized spacial score (nSPS) is 26.8. The van der Waals surface area contributed by atoms with Crippen LogP contribution in [0.25, 0.3) is 0 Å². The average molecular weight is 173 g/mol. The van der Waals surface area contributed by atoms with Crippen molar-refractivity contribution >= 4 is 5.71 Å². The number of rotatable bonds is 1. The topological polar surface area (TPSA) is 12.4 Å². The number of hydrogen-bond acceptors (Lipinski definition) is 1. The quantitative estimate of drug-likeness (QED) is 0.577. The fourth-order valence-electron chi connectivity index (χ4n) is 1.91. The molecule has 1 heteroatoms. The molecule has 0 saturated heterocycles. The lowest BCUT2D eigenvalue weighted by atomic mass is 9.87. The molecule has 0 radical (unpaired) electrons. The molecule has 2 aliphatic rings. The van der Waals surface area contributed by atoms with Gasteiger partial charge in [0.1, 0.15) is 0 Å². The smallest absolute Gasteiger partial charge is 0.0590 e. The van der Waals surface area contributed by atoms with Crippen LogP contribution >= 0.6 is 0 Å². The van der Waals surface area contributed by atoms with Crippen molar-refractivity contribution in [3.63, 3.8) is 0 Å². The van der Waals surface area contributed by atoms with Crippen LogP contribution in [0, 0.1) is 5.92 Å². The summed E-state index contributed by atoms with van der Waals surface area (Å²) in [6.07, 6.45) is 9.77. The Balaban J connectivity index is 2.29. The molecular weight excluding hydrogens is 158 g/mol. The molecule has 0 saturated carbocycles. The van der Waals surface area contributed by atoms with Crippen molar-refractivity contribution < 1.29 is 0 Å². The van der Waals surface area contributed by atoms with Crippen molar-refractivity contribution in [1.82, 2.24) is 0 Å². The van der Waals surface area contributed by atoms with E-state index in [0.29, 0.717) is 0 Å². The van der Waals surface area contributed by atoms with Gasteiger partial charge in [0.2, 0.25) is 0 Å². The van der Waals surface area contributed by atoms with Crippen LogP contribution in [0.1, 0.15) is 26.2 Å². The number of hydrogen-bond donors (Lipinski definition) is 0. The Morgan fingerprint density at radius 1 is 1.62 bits per heavy atom. The van der Waals surface area contributed by atoms with Gasteiger partial charge < -0.3 is 0 Å². The van der Waals surface area contributed by atoms with E-state index in [2.05, 4.69) is 30.6 Å². The van der Waals surface area contributed by atoms with Crippen LogP contribution in [0.15, 0.2) is 41.1 Å². The highest BCUT2D eigenvalue weighted by molar-refractivity contribution is 6.02. The molecule has 1 aliphatic carbocycles. The molecule has 0 N–H and O–H groups in total. The molecule has 0 bridgehead atoms. The van der Waals surface area contributed by atoms with E-state index in [-0.39, 0.29) is 0 Å². The highest BCUT2D eigenvalue weighted by Gasteiger charge is 2.17. The summed E-state index contributed by atoms with van der Waals surface area (Å²) >= 11 is 0. The first-order chi connectivity index (χ1) is 6.29. The Morgan fingerprint density at radius 3 is 3.23 bits per heavy atom. The molecule has 1 atom stereocenters. The van der Waals surface area contributed by atoms with Gasteiger partial charge in [0, 0.05) is 5.71 Å². The average Bonchev–Trinajstić information content (AvgIpc) is 2.17. The Morgan fingerprint density at radius 2 is 2.46 bits per heavy atom. The van der Waals surface area contributed by atoms with Gasteiger partial charge in [0.05, 0.1) is 5.70 Å². The van der Waals surface area contributed by atoms with Crippen molar-refractivity contribution in [3.05, 3.63) is 36.1 Å². The van der Waals surface area contributed by atoms with Crippen LogP contribution in [-0.2, 0) is 0 Å². The van der Waals surface area contributed by atoms with Crippen molar-refractivity contribution in [3.8, 4) is 0 Å². The minimum absolute atomic E-state index is 0.729. The lowest BCUT2D eigenvalue weighted by Gasteiger charge is -2.22. The number of fused-ring (bicyclic) bond motifs is 1. The first kappa shape index (κ1) is 8.49. The molecule has 1 aliphatic heterocycles. The highest BCUT2D eigenvalue weighted by atomic mass is 14.8. The molecule has 1 unspecified atom stereocenters. The van der Waals surface area contributed by atoms with Gasteiger partial charge in [-0.25, -0.2) is 0 Å². The van der Waals surface area contributed by atoms with E-state index in [9.17, 15) is 0 Å². The third kappa shape index (κ3) is 1.64. The van der Waals surface area contributed by atoms with E-state index in [1.807, 2.05) is 6.08 Å². The Bertz CT molecular complexity index is 318. The minimum Gasteiger partial charge on any atom is -0.254 e. The van der Waals surface area contributed by atoms with E-state index in [1.54, 1.807) is 0 Å². The van der Waals surface area contributed by atoms with Crippen LogP contribution in [-0.4, -0.2) is 5.71 Å². The van der Waals surface area contributed by atoms with Gasteiger partial charge in [-0.2, -0.15) is 0 Å². The summed E-state index contributed by atoms with van der Waals surface area (Å²) in [6.45, 7) is 6.02. The van der Waals surface area contributed by atoms with Gasteiger partial charge >= 0.3 is 0 Å². The molecular formula is C12H15N. The molecule has 0 fully saturated rings. The fourth-order valence-corrected chi connectivity index (χ4v) is 1.91. The first-order valence-corrected chi connectivity index (χ1v) is 4.91. The number of nitrogens with zero attached hydrogens (tertiary/aromatic N) is 1. The SMILES string of the molecule is C=CC1=CCC2=CC(C)CCC2=N1. The zero-order valence-electron chi connectivity index (χ0n) is 8.09. The third-order valence-corrected chi connectivity index (χ3v) is 2.70. The second-order valence-electron chi connectivity index (χ2n) is 3.80. The molecule has 68 valence electrons. The van der Waals surface area contributed by atoms with Crippen LogP contribution in [0.2, 0.25) is 0 Å². The molecule has 0 aromatic carbocycles. The molecule has 1 heterocycles. The summed E-state index contributed by atoms with van der Waals surface area (Å²) in [7, 11) is 0. The standard InChI is InChI=1S/C12H15N/c1-3-11-6-5-10-8-9(2)4-7-12(10)13-11/h3,6,8-9H,1,4-5,7H2,2H3. The predicted molar refractivity (Wildman–Crippen MR) is 56.8 cm³/mol. The van der Waals surface area contributed by atoms with Gasteiger partial charge in [0.15, 0.2) is 0 Å². The second kappa shape index (κ2) is 3.33. The van der Waals surface area contributed by atoms with E-state index in [1.165, 1.54) is 17.7 Å². The summed E-state index contributed by atoms with van der Waals surface area (Å²) in [5.41, 5.74) is 3.77. The van der Waals surface area contributed by atoms with E-state index in [0.717, 1.165) is 24.5 Å². The van der Waals surface area contributed by atoms with E-state index in [4.69, 9.17) is 0 Å². The monoisotopic (exact) mass is 173 g/mol. The van der Waals surface area contributed by atoms with Crippen LogP contribution < -0.4 is 0 Å². The Labute approximate surface area is 79.6 Å². The van der Waals surface area contributed by atoms with Crippen molar-refractivity contribution in [2.24, 2.45) is 10.9 Å². The van der Waals surface area contributed by atoms with Gasteiger partial charge in [-0.3, -0.25) is 4.99 Å². The maximum atomic E-state index is 4.55. The van der Waals surface area contributed by atoms with E-state index >= 15 is 0 Å². The van der Waals surface area contributed by atoms with Crippen LogP contribution in [0.5, 0.6) is 0 Å². The lowest BCUT2D eigenvalue weighted by Crippen LogP contribution is -2.14. The summed E-state index contributed by atoms with van der Waals surface area (Å²) in [4.78, 5) is 4.55. The number of aliphatic imine (C=N–C) groups is 1. The summed E-state index contributed by atoms with van der Waals surface area (Å²) in [5, 5.41) is 0. The summed E-state index contributed by atoms with van der Waals surface area (Å²) in [6, 6.07) is 0. The zero-order valence-corrected chi connectivity index (χ0v) is 8.09. The zero-order chi connectivity index (χ0) is 9.26. The molecule has 13 heavy (non-hydrogen) atoms. The molecule has 1 nitrogen and oxygen atoms in total. The van der Waals surface area contributed by atoms with Crippen LogP contribution in [0.4, 0.5) is 0 Å². The largest absolute Gasteiger partial charge is 0.254 e. The number of allylic oxidation sites excluding steroid dienone is 4. The van der Waals surface area contributed by atoms with Crippen LogP contribution in [0.3, 0.4) is 0 Å². The van der Waals surface area contributed by atoms with Gasteiger partial charge in [-0.15, -0.1) is 0 Å².